The molecule has 0 N–H and O–H groups in total. The Morgan fingerprint density at radius 1 is 0.933 bits per heavy atom. The van der Waals surface area contributed by atoms with Gasteiger partial charge in [-0.15, -0.1) is 0 Å². The molecule has 8 heteroatoms. The van der Waals surface area contributed by atoms with Crippen molar-refractivity contribution in [3.8, 4) is 28.4 Å². The zero-order valence-electron chi connectivity index (χ0n) is 16.6. The van der Waals surface area contributed by atoms with Gasteiger partial charge in [-0.05, 0) is 71.7 Å². The standard InChI is InChI=1S/C22H19F3O4S/c1-12-16-8-5-15(28-3)11-19(16)21(29-30(26)22(23,24)25)18-7-4-13-10-14(27-2)6-9-17(13)20(12)18/h5-6,8-11H,4,7H2,1-3H3. The molecule has 0 spiro atoms. The van der Waals surface area contributed by atoms with Crippen molar-refractivity contribution >= 4 is 21.9 Å². The van der Waals surface area contributed by atoms with E-state index in [1.807, 2.05) is 25.1 Å². The van der Waals surface area contributed by atoms with Crippen LogP contribution in [0, 0.1) is 6.92 Å². The normalized spacial score (nSPS) is 14.1. The minimum atomic E-state index is -4.98. The van der Waals surface area contributed by atoms with Crippen molar-refractivity contribution in [2.45, 2.75) is 25.3 Å². The van der Waals surface area contributed by atoms with Crippen LogP contribution in [0.25, 0.3) is 21.9 Å². The Morgan fingerprint density at radius 2 is 1.60 bits per heavy atom. The maximum Gasteiger partial charge on any atom is 0.508 e. The first kappa shape index (κ1) is 20.5. The smallest absolute Gasteiger partial charge is 0.497 e. The fourth-order valence-electron chi connectivity index (χ4n) is 4.03. The van der Waals surface area contributed by atoms with Gasteiger partial charge in [-0.2, -0.15) is 13.2 Å². The van der Waals surface area contributed by atoms with E-state index in [9.17, 15) is 17.4 Å². The molecule has 0 heterocycles. The minimum absolute atomic E-state index is 0.0124. The van der Waals surface area contributed by atoms with Crippen LogP contribution in [-0.4, -0.2) is 23.9 Å². The number of ether oxygens (including phenoxy) is 2. The van der Waals surface area contributed by atoms with Gasteiger partial charge < -0.3 is 13.7 Å². The molecule has 0 saturated carbocycles. The molecular weight excluding hydrogens is 417 g/mol. The Balaban J connectivity index is 2.03. The zero-order valence-corrected chi connectivity index (χ0v) is 17.4. The van der Waals surface area contributed by atoms with E-state index in [2.05, 4.69) is 0 Å². The first-order valence-electron chi connectivity index (χ1n) is 9.22. The number of hydrogen-bond acceptors (Lipinski definition) is 4. The van der Waals surface area contributed by atoms with Crippen LogP contribution in [0.15, 0.2) is 36.4 Å². The summed E-state index contributed by atoms with van der Waals surface area (Å²) in [6, 6.07) is 10.8. The lowest BCUT2D eigenvalue weighted by molar-refractivity contribution is -0.0437. The maximum atomic E-state index is 13.1. The quantitative estimate of drug-likeness (QED) is 0.542. The molecule has 3 aromatic rings. The number of aryl methyl sites for hydroxylation is 2. The second-order valence-electron chi connectivity index (χ2n) is 7.01. The van der Waals surface area contributed by atoms with Crippen LogP contribution in [0.4, 0.5) is 13.2 Å². The molecule has 3 aromatic carbocycles. The third kappa shape index (κ3) is 3.39. The third-order valence-electron chi connectivity index (χ3n) is 5.40. The number of hydrogen-bond donors (Lipinski definition) is 0. The van der Waals surface area contributed by atoms with Gasteiger partial charge in [0.25, 0.3) is 0 Å². The summed E-state index contributed by atoms with van der Waals surface area (Å²) in [7, 11) is 3.06. The summed E-state index contributed by atoms with van der Waals surface area (Å²) in [5.41, 5.74) is -0.688. The summed E-state index contributed by atoms with van der Waals surface area (Å²) in [6.07, 6.45) is 1.05. The van der Waals surface area contributed by atoms with Crippen molar-refractivity contribution in [3.05, 3.63) is 53.1 Å². The molecule has 158 valence electrons. The summed E-state index contributed by atoms with van der Waals surface area (Å²) in [5, 5.41) is 1.16. The number of benzene rings is 3. The lowest BCUT2D eigenvalue weighted by Crippen LogP contribution is -2.22. The highest BCUT2D eigenvalue weighted by molar-refractivity contribution is 7.81. The van der Waals surface area contributed by atoms with E-state index in [1.165, 1.54) is 7.11 Å². The van der Waals surface area contributed by atoms with Gasteiger partial charge in [0, 0.05) is 10.9 Å². The molecule has 1 aliphatic carbocycles. The van der Waals surface area contributed by atoms with Crippen LogP contribution in [-0.2, 0) is 23.9 Å². The lowest BCUT2D eigenvalue weighted by atomic mass is 9.80. The highest BCUT2D eigenvalue weighted by Gasteiger charge is 2.41. The van der Waals surface area contributed by atoms with Crippen molar-refractivity contribution in [2.24, 2.45) is 0 Å². The van der Waals surface area contributed by atoms with Crippen LogP contribution < -0.4 is 13.7 Å². The fourth-order valence-corrected chi connectivity index (χ4v) is 4.47. The molecule has 1 aliphatic rings. The number of alkyl halides is 3. The molecule has 1 unspecified atom stereocenters. The largest absolute Gasteiger partial charge is 0.508 e. The van der Waals surface area contributed by atoms with Crippen LogP contribution >= 0.6 is 0 Å². The van der Waals surface area contributed by atoms with Crippen molar-refractivity contribution < 1.29 is 31.0 Å². The van der Waals surface area contributed by atoms with Gasteiger partial charge in [0.05, 0.1) is 14.2 Å². The summed E-state index contributed by atoms with van der Waals surface area (Å²) in [6.45, 7) is 1.93. The molecular formula is C22H19F3O4S. The average molecular weight is 436 g/mol. The predicted octanol–water partition coefficient (Wildman–Crippen LogP) is 5.49. The maximum absolute atomic E-state index is 13.1. The van der Waals surface area contributed by atoms with Gasteiger partial charge in [-0.25, -0.2) is 4.21 Å². The van der Waals surface area contributed by atoms with E-state index >= 15 is 0 Å². The molecule has 1 atom stereocenters. The lowest BCUT2D eigenvalue weighted by Gasteiger charge is -2.26. The van der Waals surface area contributed by atoms with E-state index in [0.29, 0.717) is 34.9 Å². The number of halogens is 3. The number of rotatable bonds is 4. The number of methoxy groups -OCH3 is 2. The van der Waals surface area contributed by atoms with Crippen molar-refractivity contribution in [1.29, 1.82) is 0 Å². The van der Waals surface area contributed by atoms with Crippen LogP contribution in [0.5, 0.6) is 17.2 Å². The predicted molar refractivity (Wildman–Crippen MR) is 109 cm³/mol. The minimum Gasteiger partial charge on any atom is -0.497 e. The Labute approximate surface area is 174 Å². The van der Waals surface area contributed by atoms with Crippen molar-refractivity contribution in [2.75, 3.05) is 14.2 Å². The Hall–Kier alpha value is -2.74. The van der Waals surface area contributed by atoms with Crippen molar-refractivity contribution in [1.82, 2.24) is 0 Å². The van der Waals surface area contributed by atoms with E-state index in [-0.39, 0.29) is 5.75 Å². The number of fused-ring (bicyclic) bond motifs is 4. The second-order valence-corrected chi connectivity index (χ2v) is 8.11. The monoisotopic (exact) mass is 436 g/mol. The topological polar surface area (TPSA) is 44.8 Å². The van der Waals surface area contributed by atoms with Gasteiger partial charge in [0.15, 0.2) is 5.75 Å². The SMILES string of the molecule is COc1ccc2c(c1)CCc1c-2c(C)c2ccc(OC)cc2c1OS(=O)C(F)(F)F. The van der Waals surface area contributed by atoms with Crippen LogP contribution in [0.2, 0.25) is 0 Å². The third-order valence-corrected chi connectivity index (χ3v) is 6.10. The van der Waals surface area contributed by atoms with E-state index in [0.717, 1.165) is 28.0 Å². The van der Waals surface area contributed by atoms with Crippen molar-refractivity contribution in [3.63, 3.8) is 0 Å². The summed E-state index contributed by atoms with van der Waals surface area (Å²) in [5.74, 6) is 1.18. The van der Waals surface area contributed by atoms with Gasteiger partial charge >= 0.3 is 16.6 Å². The molecule has 0 aromatic heterocycles. The van der Waals surface area contributed by atoms with Gasteiger partial charge in [-0.1, -0.05) is 12.1 Å². The summed E-state index contributed by atoms with van der Waals surface area (Å²) < 4.78 is 66.6. The van der Waals surface area contributed by atoms with E-state index in [1.54, 1.807) is 25.3 Å². The molecule has 4 nitrogen and oxygen atoms in total. The van der Waals surface area contributed by atoms with Gasteiger partial charge in [0.1, 0.15) is 11.5 Å². The molecule has 0 amide bonds. The first-order valence-corrected chi connectivity index (χ1v) is 10.3. The Kier molecular flexibility index (Phi) is 5.13. The molecule has 0 fully saturated rings. The fraction of sp³-hybridized carbons (Fsp3) is 0.273. The summed E-state index contributed by atoms with van der Waals surface area (Å²) >= 11 is -3.48. The second kappa shape index (κ2) is 7.50. The summed E-state index contributed by atoms with van der Waals surface area (Å²) in [4.78, 5) is 0. The highest BCUT2D eigenvalue weighted by Crippen LogP contribution is 2.47. The molecule has 0 bridgehead atoms. The first-order chi connectivity index (χ1) is 14.2. The van der Waals surface area contributed by atoms with Gasteiger partial charge in [-0.3, -0.25) is 0 Å². The highest BCUT2D eigenvalue weighted by atomic mass is 32.2. The van der Waals surface area contributed by atoms with Crippen LogP contribution in [0.1, 0.15) is 16.7 Å². The molecule has 0 saturated heterocycles. The molecule has 30 heavy (non-hydrogen) atoms. The van der Waals surface area contributed by atoms with E-state index < -0.39 is 16.6 Å². The molecule has 0 radical (unpaired) electrons. The molecule has 0 aliphatic heterocycles. The molecule has 4 rings (SSSR count). The van der Waals surface area contributed by atoms with E-state index in [4.69, 9.17) is 13.7 Å². The average Bonchev–Trinajstić information content (AvgIpc) is 2.74. The Morgan fingerprint density at radius 3 is 2.27 bits per heavy atom. The van der Waals surface area contributed by atoms with Crippen LogP contribution in [0.3, 0.4) is 0 Å². The zero-order chi connectivity index (χ0) is 21.6. The van der Waals surface area contributed by atoms with Gasteiger partial charge in [0.2, 0.25) is 0 Å². The Bertz CT molecular complexity index is 1170.